The van der Waals surface area contributed by atoms with Gasteiger partial charge in [-0.2, -0.15) is 0 Å². The van der Waals surface area contributed by atoms with Gasteiger partial charge in [-0.1, -0.05) is 12.1 Å². The van der Waals surface area contributed by atoms with Gasteiger partial charge in [0.15, 0.2) is 11.5 Å². The second kappa shape index (κ2) is 8.89. The van der Waals surface area contributed by atoms with Crippen molar-refractivity contribution in [2.75, 3.05) is 20.3 Å². The van der Waals surface area contributed by atoms with Gasteiger partial charge in [0.2, 0.25) is 0 Å². The fraction of sp³-hybridized carbons (Fsp3) is 0.333. The molecule has 3 nitrogen and oxygen atoms in total. The van der Waals surface area contributed by atoms with Crippen LogP contribution in [0, 0.1) is 5.82 Å². The Bertz CT molecular complexity index is 632. The average Bonchev–Trinajstić information content (AvgIpc) is 2.53. The van der Waals surface area contributed by atoms with Gasteiger partial charge in [-0.15, -0.1) is 0 Å². The number of nitrogens with one attached hydrogen (secondary N) is 1. The molecule has 0 amide bonds. The van der Waals surface area contributed by atoms with Crippen LogP contribution in [0.25, 0.3) is 0 Å². The molecule has 0 heterocycles. The lowest BCUT2D eigenvalue weighted by molar-refractivity contribution is 0.309. The Labute approximate surface area is 144 Å². The van der Waals surface area contributed by atoms with E-state index in [0.717, 1.165) is 40.9 Å². The summed E-state index contributed by atoms with van der Waals surface area (Å²) in [5.74, 6) is 1.25. The van der Waals surface area contributed by atoms with Gasteiger partial charge in [0, 0.05) is 6.54 Å². The molecule has 0 fully saturated rings. The molecule has 0 spiro atoms. The minimum Gasteiger partial charge on any atom is -0.492 e. The first-order chi connectivity index (χ1) is 11.1. The van der Waals surface area contributed by atoms with Crippen LogP contribution in [0.5, 0.6) is 11.5 Å². The maximum Gasteiger partial charge on any atom is 0.174 e. The van der Waals surface area contributed by atoms with Crippen molar-refractivity contribution in [1.29, 1.82) is 0 Å². The van der Waals surface area contributed by atoms with Gasteiger partial charge in [-0.25, -0.2) is 4.39 Å². The first-order valence-corrected chi connectivity index (χ1v) is 8.37. The lowest BCUT2D eigenvalue weighted by Crippen LogP contribution is -2.16. The summed E-state index contributed by atoms with van der Waals surface area (Å²) in [6.45, 7) is 4.08. The van der Waals surface area contributed by atoms with E-state index >= 15 is 0 Å². The topological polar surface area (TPSA) is 30.5 Å². The highest BCUT2D eigenvalue weighted by molar-refractivity contribution is 9.10. The largest absolute Gasteiger partial charge is 0.492 e. The van der Waals surface area contributed by atoms with Gasteiger partial charge in [0.05, 0.1) is 18.2 Å². The molecule has 0 bridgehead atoms. The molecule has 0 atom stereocenters. The first-order valence-electron chi connectivity index (χ1n) is 7.58. The third-order valence-corrected chi connectivity index (χ3v) is 4.00. The number of benzene rings is 2. The molecule has 2 rings (SSSR count). The van der Waals surface area contributed by atoms with Crippen LogP contribution in [-0.2, 0) is 13.0 Å². The van der Waals surface area contributed by atoms with Gasteiger partial charge in [0.1, 0.15) is 5.82 Å². The van der Waals surface area contributed by atoms with Crippen molar-refractivity contribution in [1.82, 2.24) is 5.32 Å². The SMILES string of the molecule is CCOc1cc(CNCCc2ccc(F)cc2)cc(Br)c1OC. The number of hydrogen-bond acceptors (Lipinski definition) is 3. The summed E-state index contributed by atoms with van der Waals surface area (Å²) >= 11 is 3.51. The Morgan fingerprint density at radius 2 is 1.87 bits per heavy atom. The van der Waals surface area contributed by atoms with Crippen molar-refractivity contribution in [2.24, 2.45) is 0 Å². The normalized spacial score (nSPS) is 10.6. The predicted octanol–water partition coefficient (Wildman–Crippen LogP) is 4.33. The van der Waals surface area contributed by atoms with Crippen LogP contribution in [0.4, 0.5) is 4.39 Å². The summed E-state index contributed by atoms with van der Waals surface area (Å²) < 4.78 is 24.7. The monoisotopic (exact) mass is 381 g/mol. The van der Waals surface area contributed by atoms with E-state index in [1.54, 1.807) is 7.11 Å². The Balaban J connectivity index is 1.91. The van der Waals surface area contributed by atoms with E-state index in [0.29, 0.717) is 12.4 Å². The molecule has 0 unspecified atom stereocenters. The van der Waals surface area contributed by atoms with E-state index in [1.807, 2.05) is 31.2 Å². The molecule has 0 aliphatic carbocycles. The van der Waals surface area contributed by atoms with E-state index in [4.69, 9.17) is 9.47 Å². The zero-order chi connectivity index (χ0) is 16.7. The molecule has 2 aromatic carbocycles. The molecular formula is C18H21BrFNO2. The fourth-order valence-electron chi connectivity index (χ4n) is 2.30. The second-order valence-electron chi connectivity index (χ2n) is 5.10. The van der Waals surface area contributed by atoms with Crippen molar-refractivity contribution < 1.29 is 13.9 Å². The number of methoxy groups -OCH3 is 1. The molecule has 0 saturated heterocycles. The van der Waals surface area contributed by atoms with Crippen molar-refractivity contribution in [2.45, 2.75) is 19.9 Å². The van der Waals surface area contributed by atoms with Crippen LogP contribution in [0.15, 0.2) is 40.9 Å². The Morgan fingerprint density at radius 3 is 2.52 bits per heavy atom. The molecule has 0 aliphatic rings. The average molecular weight is 382 g/mol. The van der Waals surface area contributed by atoms with Gasteiger partial charge in [-0.05, 0) is 71.2 Å². The highest BCUT2D eigenvalue weighted by Crippen LogP contribution is 2.36. The number of halogens is 2. The lowest BCUT2D eigenvalue weighted by Gasteiger charge is -2.13. The minimum absolute atomic E-state index is 0.201. The maximum atomic E-state index is 12.9. The van der Waals surface area contributed by atoms with Crippen LogP contribution in [0.2, 0.25) is 0 Å². The van der Waals surface area contributed by atoms with Gasteiger partial charge >= 0.3 is 0 Å². The van der Waals surface area contributed by atoms with E-state index in [9.17, 15) is 4.39 Å². The van der Waals surface area contributed by atoms with E-state index in [2.05, 4.69) is 21.2 Å². The predicted molar refractivity (Wildman–Crippen MR) is 93.7 cm³/mol. The summed E-state index contributed by atoms with van der Waals surface area (Å²) in [7, 11) is 1.63. The summed E-state index contributed by atoms with van der Waals surface area (Å²) in [6, 6.07) is 10.6. The molecule has 0 aromatic heterocycles. The van der Waals surface area contributed by atoms with Crippen LogP contribution in [0.3, 0.4) is 0 Å². The van der Waals surface area contributed by atoms with Crippen molar-refractivity contribution >= 4 is 15.9 Å². The first kappa shape index (κ1) is 17.8. The van der Waals surface area contributed by atoms with E-state index in [1.165, 1.54) is 12.1 Å². The van der Waals surface area contributed by atoms with Crippen molar-refractivity contribution in [3.63, 3.8) is 0 Å². The molecule has 0 saturated carbocycles. The molecule has 0 aliphatic heterocycles. The molecule has 0 radical (unpaired) electrons. The summed E-state index contributed by atoms with van der Waals surface area (Å²) in [5, 5.41) is 3.39. The van der Waals surface area contributed by atoms with Crippen LogP contribution >= 0.6 is 15.9 Å². The summed E-state index contributed by atoms with van der Waals surface area (Å²) in [4.78, 5) is 0. The number of hydrogen-bond donors (Lipinski definition) is 1. The Morgan fingerprint density at radius 1 is 1.13 bits per heavy atom. The third kappa shape index (κ3) is 5.22. The van der Waals surface area contributed by atoms with Crippen molar-refractivity contribution in [3.05, 3.63) is 57.8 Å². The quantitative estimate of drug-likeness (QED) is 0.690. The molecule has 124 valence electrons. The maximum absolute atomic E-state index is 12.9. The van der Waals surface area contributed by atoms with Gasteiger partial charge < -0.3 is 14.8 Å². The zero-order valence-electron chi connectivity index (χ0n) is 13.4. The standard InChI is InChI=1S/C18H21BrFNO2/c1-3-23-17-11-14(10-16(19)18(17)22-2)12-21-9-8-13-4-6-15(20)7-5-13/h4-7,10-11,21H,3,8-9,12H2,1-2H3. The molecular weight excluding hydrogens is 361 g/mol. The molecule has 23 heavy (non-hydrogen) atoms. The highest BCUT2D eigenvalue weighted by atomic mass is 79.9. The minimum atomic E-state index is -0.201. The number of ether oxygens (including phenoxy) is 2. The van der Waals surface area contributed by atoms with Crippen LogP contribution < -0.4 is 14.8 Å². The smallest absolute Gasteiger partial charge is 0.174 e. The summed E-state index contributed by atoms with van der Waals surface area (Å²) in [5.41, 5.74) is 2.23. The Hall–Kier alpha value is -1.59. The Kier molecular flexibility index (Phi) is 6.86. The van der Waals surface area contributed by atoms with Crippen LogP contribution in [-0.4, -0.2) is 20.3 Å². The van der Waals surface area contributed by atoms with E-state index < -0.39 is 0 Å². The van der Waals surface area contributed by atoms with Crippen molar-refractivity contribution in [3.8, 4) is 11.5 Å². The summed E-state index contributed by atoms with van der Waals surface area (Å²) in [6.07, 6.45) is 0.857. The highest BCUT2D eigenvalue weighted by Gasteiger charge is 2.10. The molecule has 1 N–H and O–H groups in total. The number of rotatable bonds is 8. The second-order valence-corrected chi connectivity index (χ2v) is 5.95. The lowest BCUT2D eigenvalue weighted by atomic mass is 10.1. The zero-order valence-corrected chi connectivity index (χ0v) is 15.0. The molecule has 2 aromatic rings. The third-order valence-electron chi connectivity index (χ3n) is 3.41. The van der Waals surface area contributed by atoms with Gasteiger partial charge in [-0.3, -0.25) is 0 Å². The van der Waals surface area contributed by atoms with E-state index in [-0.39, 0.29) is 5.82 Å². The fourth-order valence-corrected chi connectivity index (χ4v) is 2.95. The molecule has 5 heteroatoms. The van der Waals surface area contributed by atoms with Gasteiger partial charge in [0.25, 0.3) is 0 Å². The van der Waals surface area contributed by atoms with Crippen LogP contribution in [0.1, 0.15) is 18.1 Å².